The molecule has 3 nitrogen and oxygen atoms in total. The number of aromatic nitrogens is 2. The van der Waals surface area contributed by atoms with Crippen LogP contribution in [0.4, 0.5) is 4.39 Å². The van der Waals surface area contributed by atoms with Crippen LogP contribution in [-0.2, 0) is 0 Å². The summed E-state index contributed by atoms with van der Waals surface area (Å²) in [6.45, 7) is 0. The third-order valence-corrected chi connectivity index (χ3v) is 2.90. The first-order chi connectivity index (χ1) is 9.25. The van der Waals surface area contributed by atoms with Gasteiger partial charge in [-0.2, -0.15) is 0 Å². The Morgan fingerprint density at radius 1 is 0.947 bits per heavy atom. The molecule has 0 fully saturated rings. The van der Waals surface area contributed by atoms with Gasteiger partial charge in [0.25, 0.3) is 5.56 Å². The summed E-state index contributed by atoms with van der Waals surface area (Å²) in [5.41, 5.74) is 1.35. The molecule has 2 aromatic carbocycles. The second-order valence-corrected chi connectivity index (χ2v) is 4.16. The third-order valence-electron chi connectivity index (χ3n) is 2.90. The molecule has 94 valence electrons. The van der Waals surface area contributed by atoms with Gasteiger partial charge in [0.05, 0.1) is 11.4 Å². The SMILES string of the molecule is O=c1cc(-c2ccccc2F)[nH]n1-c1ccccc1. The number of hydrogen-bond donors (Lipinski definition) is 1. The van der Waals surface area contributed by atoms with E-state index in [2.05, 4.69) is 5.10 Å². The number of hydrogen-bond acceptors (Lipinski definition) is 1. The van der Waals surface area contributed by atoms with Gasteiger partial charge in [0, 0.05) is 11.6 Å². The highest BCUT2D eigenvalue weighted by atomic mass is 19.1. The van der Waals surface area contributed by atoms with Gasteiger partial charge in [0.1, 0.15) is 5.82 Å². The van der Waals surface area contributed by atoms with E-state index in [1.54, 1.807) is 18.2 Å². The Balaban J connectivity index is 2.13. The summed E-state index contributed by atoms with van der Waals surface area (Å²) in [6.07, 6.45) is 0. The first kappa shape index (κ1) is 11.5. The number of H-pyrrole nitrogens is 1. The van der Waals surface area contributed by atoms with Crippen LogP contribution in [-0.4, -0.2) is 9.78 Å². The molecule has 0 radical (unpaired) electrons. The Morgan fingerprint density at radius 3 is 2.37 bits per heavy atom. The Bertz CT molecular complexity index is 759. The highest BCUT2D eigenvalue weighted by Crippen LogP contribution is 2.19. The maximum atomic E-state index is 13.7. The summed E-state index contributed by atoms with van der Waals surface area (Å²) in [7, 11) is 0. The van der Waals surface area contributed by atoms with Gasteiger partial charge in [-0.25, -0.2) is 9.07 Å². The average Bonchev–Trinajstić information content (AvgIpc) is 2.82. The lowest BCUT2D eigenvalue weighted by Gasteiger charge is -2.02. The van der Waals surface area contributed by atoms with E-state index in [0.29, 0.717) is 11.3 Å². The van der Waals surface area contributed by atoms with Gasteiger partial charge in [0.2, 0.25) is 0 Å². The van der Waals surface area contributed by atoms with Crippen molar-refractivity contribution < 1.29 is 4.39 Å². The summed E-state index contributed by atoms with van der Waals surface area (Å²) in [5, 5.41) is 2.92. The lowest BCUT2D eigenvalue weighted by molar-refractivity contribution is 0.630. The summed E-state index contributed by atoms with van der Waals surface area (Å²) in [6, 6.07) is 16.9. The Labute approximate surface area is 108 Å². The molecular weight excluding hydrogens is 243 g/mol. The van der Waals surface area contributed by atoms with Crippen molar-refractivity contribution in [1.29, 1.82) is 0 Å². The first-order valence-corrected chi connectivity index (χ1v) is 5.88. The van der Waals surface area contributed by atoms with Crippen LogP contribution < -0.4 is 5.56 Å². The van der Waals surface area contributed by atoms with E-state index in [9.17, 15) is 9.18 Å². The molecule has 4 heteroatoms. The topological polar surface area (TPSA) is 37.8 Å². The molecule has 3 rings (SSSR count). The molecule has 0 saturated heterocycles. The van der Waals surface area contributed by atoms with Gasteiger partial charge in [0.15, 0.2) is 0 Å². The number of para-hydroxylation sites is 1. The van der Waals surface area contributed by atoms with Gasteiger partial charge < -0.3 is 0 Å². The minimum atomic E-state index is -0.357. The highest BCUT2D eigenvalue weighted by molar-refractivity contribution is 5.59. The van der Waals surface area contributed by atoms with E-state index >= 15 is 0 Å². The second-order valence-electron chi connectivity index (χ2n) is 4.16. The molecule has 1 N–H and O–H groups in total. The molecule has 0 bridgehead atoms. The fourth-order valence-corrected chi connectivity index (χ4v) is 1.98. The zero-order valence-electron chi connectivity index (χ0n) is 10.0. The van der Waals surface area contributed by atoms with Gasteiger partial charge in [-0.05, 0) is 24.3 Å². The van der Waals surface area contributed by atoms with Crippen molar-refractivity contribution in [2.75, 3.05) is 0 Å². The summed E-state index contributed by atoms with van der Waals surface area (Å²) >= 11 is 0. The van der Waals surface area contributed by atoms with Crippen LogP contribution in [0, 0.1) is 5.82 Å². The molecule has 0 unspecified atom stereocenters. The molecule has 1 aromatic heterocycles. The summed E-state index contributed by atoms with van der Waals surface area (Å²) < 4.78 is 15.1. The largest absolute Gasteiger partial charge is 0.290 e. The minimum Gasteiger partial charge on any atom is -0.290 e. The van der Waals surface area contributed by atoms with Gasteiger partial charge in [-0.1, -0.05) is 30.3 Å². The van der Waals surface area contributed by atoms with Gasteiger partial charge >= 0.3 is 0 Å². The van der Waals surface area contributed by atoms with E-state index in [1.165, 1.54) is 16.8 Å². The molecule has 0 atom stereocenters. The standard InChI is InChI=1S/C15H11FN2O/c16-13-9-5-4-8-12(13)14-10-15(19)18(17-14)11-6-2-1-3-7-11/h1-10,17H. The molecule has 0 spiro atoms. The van der Waals surface area contributed by atoms with Crippen molar-refractivity contribution in [1.82, 2.24) is 9.78 Å². The molecule has 3 aromatic rings. The van der Waals surface area contributed by atoms with Gasteiger partial charge in [-0.15, -0.1) is 0 Å². The molecule has 19 heavy (non-hydrogen) atoms. The molecular formula is C15H11FN2O. The zero-order valence-corrected chi connectivity index (χ0v) is 10.0. The quantitative estimate of drug-likeness (QED) is 0.750. The minimum absolute atomic E-state index is 0.218. The lowest BCUT2D eigenvalue weighted by Crippen LogP contribution is -2.12. The van der Waals surface area contributed by atoms with Crippen molar-refractivity contribution in [3.63, 3.8) is 0 Å². The predicted octanol–water partition coefficient (Wildman–Crippen LogP) is 2.97. The number of halogens is 1. The number of nitrogens with zero attached hydrogens (tertiary/aromatic N) is 1. The smallest absolute Gasteiger partial charge is 0.271 e. The van der Waals surface area contributed by atoms with Gasteiger partial charge in [-0.3, -0.25) is 9.89 Å². The summed E-state index contributed by atoms with van der Waals surface area (Å²) in [4.78, 5) is 11.9. The van der Waals surface area contributed by atoms with E-state index in [4.69, 9.17) is 0 Å². The van der Waals surface area contributed by atoms with E-state index < -0.39 is 0 Å². The van der Waals surface area contributed by atoms with Crippen LogP contribution in [0.25, 0.3) is 16.9 Å². The van der Waals surface area contributed by atoms with Crippen LogP contribution in [0.2, 0.25) is 0 Å². The molecule has 0 aliphatic carbocycles. The van der Waals surface area contributed by atoms with Crippen LogP contribution in [0.15, 0.2) is 65.5 Å². The Morgan fingerprint density at radius 2 is 1.63 bits per heavy atom. The molecule has 1 heterocycles. The van der Waals surface area contributed by atoms with E-state index in [1.807, 2.05) is 30.3 Å². The second kappa shape index (κ2) is 4.57. The number of nitrogens with one attached hydrogen (secondary N) is 1. The number of benzene rings is 2. The normalized spacial score (nSPS) is 10.6. The first-order valence-electron chi connectivity index (χ1n) is 5.88. The Hall–Kier alpha value is -2.62. The molecule has 0 aliphatic rings. The molecule has 0 aliphatic heterocycles. The van der Waals surface area contributed by atoms with Crippen molar-refractivity contribution in [3.8, 4) is 16.9 Å². The van der Waals surface area contributed by atoms with Crippen LogP contribution in [0.5, 0.6) is 0 Å². The zero-order chi connectivity index (χ0) is 13.2. The summed E-state index contributed by atoms with van der Waals surface area (Å²) in [5.74, 6) is -0.357. The lowest BCUT2D eigenvalue weighted by atomic mass is 10.1. The number of aromatic amines is 1. The monoisotopic (exact) mass is 254 g/mol. The van der Waals surface area contributed by atoms with Crippen molar-refractivity contribution >= 4 is 0 Å². The maximum absolute atomic E-state index is 13.7. The van der Waals surface area contributed by atoms with E-state index in [-0.39, 0.29) is 11.4 Å². The highest BCUT2D eigenvalue weighted by Gasteiger charge is 2.09. The molecule has 0 saturated carbocycles. The van der Waals surface area contributed by atoms with Crippen molar-refractivity contribution in [2.45, 2.75) is 0 Å². The van der Waals surface area contributed by atoms with Crippen LogP contribution in [0.1, 0.15) is 0 Å². The average molecular weight is 254 g/mol. The maximum Gasteiger partial charge on any atom is 0.271 e. The fourth-order valence-electron chi connectivity index (χ4n) is 1.98. The van der Waals surface area contributed by atoms with Crippen molar-refractivity contribution in [2.24, 2.45) is 0 Å². The third kappa shape index (κ3) is 2.08. The fraction of sp³-hybridized carbons (Fsp3) is 0. The Kier molecular flexibility index (Phi) is 2.76. The van der Waals surface area contributed by atoms with Crippen LogP contribution in [0.3, 0.4) is 0 Å². The van der Waals surface area contributed by atoms with Crippen LogP contribution >= 0.6 is 0 Å². The predicted molar refractivity (Wildman–Crippen MR) is 71.8 cm³/mol. The number of rotatable bonds is 2. The molecule has 0 amide bonds. The van der Waals surface area contributed by atoms with Crippen molar-refractivity contribution in [3.05, 3.63) is 76.8 Å². The van der Waals surface area contributed by atoms with E-state index in [0.717, 1.165) is 5.69 Å².